The van der Waals surface area contributed by atoms with Gasteiger partial charge < -0.3 is 4.18 Å². The third-order valence-corrected chi connectivity index (χ3v) is 5.93. The second-order valence-corrected chi connectivity index (χ2v) is 8.73. The Morgan fingerprint density at radius 1 is 0.793 bits per heavy atom. The van der Waals surface area contributed by atoms with Crippen LogP contribution in [-0.4, -0.2) is 13.9 Å². The van der Waals surface area contributed by atoms with Crippen molar-refractivity contribution < 1.29 is 25.8 Å². The molecule has 0 saturated carbocycles. The van der Waals surface area contributed by atoms with Crippen molar-refractivity contribution in [2.75, 3.05) is 0 Å². The van der Waals surface area contributed by atoms with Gasteiger partial charge in [0.15, 0.2) is 0 Å². The quantitative estimate of drug-likeness (QED) is 0.221. The van der Waals surface area contributed by atoms with Crippen LogP contribution in [-0.2, 0) is 15.4 Å². The van der Waals surface area contributed by atoms with Crippen LogP contribution >= 0.6 is 27.7 Å². The van der Waals surface area contributed by atoms with Gasteiger partial charge in [0.25, 0.3) is 0 Å². The second-order valence-electron chi connectivity index (χ2n) is 5.49. The molecule has 0 aliphatic heterocycles. The minimum atomic E-state index is -5.58. The molecule has 0 atom stereocenters. The van der Waals surface area contributed by atoms with E-state index in [4.69, 9.17) is 0 Å². The molecule has 154 valence electrons. The normalized spacial score (nSPS) is 11.3. The van der Waals surface area contributed by atoms with Gasteiger partial charge in [-0.05, 0) is 42.0 Å². The molecule has 0 aliphatic carbocycles. The second kappa shape index (κ2) is 10.7. The van der Waals surface area contributed by atoms with Gasteiger partial charge in [0.1, 0.15) is 5.75 Å². The van der Waals surface area contributed by atoms with E-state index < -0.39 is 15.6 Å². The highest BCUT2D eigenvalue weighted by molar-refractivity contribution is 9.08. The van der Waals surface area contributed by atoms with Crippen LogP contribution < -0.4 is 4.18 Å². The van der Waals surface area contributed by atoms with E-state index in [2.05, 4.69) is 68.6 Å². The summed E-state index contributed by atoms with van der Waals surface area (Å²) in [5.41, 5.74) is -4.63. The Balaban J connectivity index is 0.000000211. The number of hydrogen-bond acceptors (Lipinski definition) is 4. The lowest BCUT2D eigenvalue weighted by Gasteiger charge is -2.09. The number of rotatable bonds is 5. The molecule has 0 heterocycles. The summed E-state index contributed by atoms with van der Waals surface area (Å²) >= 11 is 4.92. The topological polar surface area (TPSA) is 43.4 Å². The Kier molecular flexibility index (Phi) is 8.60. The first-order chi connectivity index (χ1) is 13.7. The molecular formula is C20H16BrF3O3S2. The van der Waals surface area contributed by atoms with Gasteiger partial charge in [-0.2, -0.15) is 21.6 Å². The molecule has 3 rings (SSSR count). The van der Waals surface area contributed by atoms with Gasteiger partial charge >= 0.3 is 15.6 Å². The van der Waals surface area contributed by atoms with Crippen LogP contribution in [0.2, 0.25) is 0 Å². The van der Waals surface area contributed by atoms with Gasteiger partial charge in [0.05, 0.1) is 0 Å². The third kappa shape index (κ3) is 7.75. The zero-order valence-corrected chi connectivity index (χ0v) is 18.1. The molecule has 0 radical (unpaired) electrons. The van der Waals surface area contributed by atoms with Crippen molar-refractivity contribution in [2.45, 2.75) is 20.6 Å². The summed E-state index contributed by atoms with van der Waals surface area (Å²) < 4.78 is 61.0. The summed E-state index contributed by atoms with van der Waals surface area (Å²) in [7, 11) is -5.58. The highest BCUT2D eigenvalue weighted by Crippen LogP contribution is 2.27. The molecule has 3 aromatic carbocycles. The molecule has 9 heteroatoms. The van der Waals surface area contributed by atoms with Crippen molar-refractivity contribution in [1.29, 1.82) is 0 Å². The highest BCUT2D eigenvalue weighted by Gasteiger charge is 2.48. The van der Waals surface area contributed by atoms with E-state index >= 15 is 0 Å². The van der Waals surface area contributed by atoms with Crippen molar-refractivity contribution in [3.8, 4) is 5.75 Å². The van der Waals surface area contributed by atoms with Crippen molar-refractivity contribution in [1.82, 2.24) is 0 Å². The molecule has 0 saturated heterocycles. The molecule has 0 aromatic heterocycles. The summed E-state index contributed by atoms with van der Waals surface area (Å²) in [5.74, 6) is -0.373. The third-order valence-electron chi connectivity index (χ3n) is 3.29. The van der Waals surface area contributed by atoms with Gasteiger partial charge in [-0.3, -0.25) is 0 Å². The van der Waals surface area contributed by atoms with E-state index in [0.717, 1.165) is 17.7 Å². The largest absolute Gasteiger partial charge is 0.534 e. The maximum Gasteiger partial charge on any atom is 0.534 e. The summed E-state index contributed by atoms with van der Waals surface area (Å²) in [6, 6.07) is 26.0. The van der Waals surface area contributed by atoms with Crippen molar-refractivity contribution >= 4 is 37.8 Å². The van der Waals surface area contributed by atoms with Gasteiger partial charge in [-0.25, -0.2) is 0 Å². The van der Waals surface area contributed by atoms with Crippen LogP contribution in [0.1, 0.15) is 5.56 Å². The number of alkyl halides is 4. The van der Waals surface area contributed by atoms with Crippen LogP contribution in [0.5, 0.6) is 5.75 Å². The van der Waals surface area contributed by atoms with Crippen LogP contribution in [0, 0.1) is 0 Å². The minimum Gasteiger partial charge on any atom is -0.376 e. The first-order valence-corrected chi connectivity index (χ1v) is 11.5. The summed E-state index contributed by atoms with van der Waals surface area (Å²) in [5, 5.41) is 0.513. The zero-order chi connectivity index (χ0) is 21.3. The summed E-state index contributed by atoms with van der Waals surface area (Å²) in [4.78, 5) is 2.57. The Bertz CT molecular complexity index is 941. The molecule has 0 N–H and O–H groups in total. The molecule has 3 nitrogen and oxygen atoms in total. The van der Waals surface area contributed by atoms with Crippen molar-refractivity contribution in [3.63, 3.8) is 0 Å². The first-order valence-electron chi connectivity index (χ1n) is 8.15. The molecule has 0 bridgehead atoms. The summed E-state index contributed by atoms with van der Waals surface area (Å²) in [6.07, 6.45) is 0. The molecule has 0 unspecified atom stereocenters. The molecular weight excluding hydrogens is 489 g/mol. The molecule has 29 heavy (non-hydrogen) atoms. The van der Waals surface area contributed by atoms with Crippen LogP contribution in [0.4, 0.5) is 13.2 Å². The Morgan fingerprint density at radius 3 is 1.62 bits per heavy atom. The Morgan fingerprint density at radius 2 is 1.24 bits per heavy atom. The Hall–Kier alpha value is -1.97. The lowest BCUT2D eigenvalue weighted by atomic mass is 10.2. The lowest BCUT2D eigenvalue weighted by molar-refractivity contribution is -0.0500. The fraction of sp³-hybridized carbons (Fsp3) is 0.100. The highest BCUT2D eigenvalue weighted by atomic mass is 79.9. The van der Waals surface area contributed by atoms with Crippen molar-refractivity contribution in [2.24, 2.45) is 0 Å². The smallest absolute Gasteiger partial charge is 0.376 e. The molecule has 0 aliphatic rings. The van der Waals surface area contributed by atoms with Crippen LogP contribution in [0.15, 0.2) is 94.7 Å². The summed E-state index contributed by atoms with van der Waals surface area (Å²) in [6.45, 7) is 0. The van der Waals surface area contributed by atoms with Crippen LogP contribution in [0.25, 0.3) is 0 Å². The van der Waals surface area contributed by atoms with Gasteiger partial charge in [-0.1, -0.05) is 76.2 Å². The van der Waals surface area contributed by atoms with E-state index in [1.807, 2.05) is 12.1 Å². The monoisotopic (exact) mass is 504 g/mol. The number of hydrogen-bond donors (Lipinski definition) is 0. The van der Waals surface area contributed by atoms with E-state index in [9.17, 15) is 21.6 Å². The average molecular weight is 505 g/mol. The van der Waals surface area contributed by atoms with Gasteiger partial charge in [-0.15, -0.1) is 0 Å². The molecule has 0 fully saturated rings. The van der Waals surface area contributed by atoms with Gasteiger partial charge in [0, 0.05) is 15.1 Å². The first kappa shape index (κ1) is 23.3. The standard InChI is InChI=1S/C12H10S.C8H6BrF3O3S/c1-3-7-11(8-4-1)13-12-9-5-2-6-10-12;9-5-6-1-3-7(4-2-6)15-16(13,14)8(10,11)12/h1-10H;1-4H,5H2. The molecule has 0 spiro atoms. The van der Waals surface area contributed by atoms with E-state index in [1.165, 1.54) is 21.9 Å². The van der Waals surface area contributed by atoms with E-state index in [-0.39, 0.29) is 5.75 Å². The fourth-order valence-corrected chi connectivity index (χ4v) is 3.61. The molecule has 0 amide bonds. The van der Waals surface area contributed by atoms with E-state index in [1.54, 1.807) is 11.8 Å². The minimum absolute atomic E-state index is 0.373. The van der Waals surface area contributed by atoms with Crippen molar-refractivity contribution in [3.05, 3.63) is 90.5 Å². The van der Waals surface area contributed by atoms with Gasteiger partial charge in [0.2, 0.25) is 0 Å². The predicted molar refractivity (Wildman–Crippen MR) is 112 cm³/mol. The predicted octanol–water partition coefficient (Wildman–Crippen LogP) is 6.65. The zero-order valence-electron chi connectivity index (χ0n) is 14.8. The Labute approximate surface area is 180 Å². The van der Waals surface area contributed by atoms with E-state index in [0.29, 0.717) is 5.33 Å². The maximum atomic E-state index is 11.9. The van der Waals surface area contributed by atoms with Crippen LogP contribution in [0.3, 0.4) is 0 Å². The number of halogens is 4. The molecule has 3 aromatic rings. The average Bonchev–Trinajstić information content (AvgIpc) is 2.69. The fourth-order valence-electron chi connectivity index (χ4n) is 1.92. The lowest BCUT2D eigenvalue weighted by Crippen LogP contribution is -2.28. The maximum absolute atomic E-state index is 11.9. The number of benzene rings is 3. The SMILES string of the molecule is O=S(=O)(Oc1ccc(CBr)cc1)C(F)(F)F.c1ccc(Sc2ccccc2)cc1.